The molecule has 0 spiro atoms. The van der Waals surface area contributed by atoms with Crippen molar-refractivity contribution in [1.29, 1.82) is 0 Å². The molecule has 0 radical (unpaired) electrons. The van der Waals surface area contributed by atoms with E-state index in [0.717, 1.165) is 12.1 Å². The molecule has 1 amide bonds. The third kappa shape index (κ3) is 5.14. The highest BCUT2D eigenvalue weighted by Crippen LogP contribution is 2.18. The lowest BCUT2D eigenvalue weighted by molar-refractivity contribution is -0.115. The molecule has 0 atom stereocenters. The SMILES string of the molecule is O=C(Cc1ccc(NS(=O)(=O)c2ccc(F)cc2)cc1)Nc1cccc(F)c1. The number of rotatable bonds is 6. The smallest absolute Gasteiger partial charge is 0.261 e. The van der Waals surface area contributed by atoms with Gasteiger partial charge in [0.15, 0.2) is 0 Å². The van der Waals surface area contributed by atoms with Crippen LogP contribution in [0.25, 0.3) is 0 Å². The Balaban J connectivity index is 1.63. The maximum atomic E-state index is 13.1. The molecule has 3 aromatic carbocycles. The average Bonchev–Trinajstić information content (AvgIpc) is 2.63. The second-order valence-corrected chi connectivity index (χ2v) is 7.67. The minimum atomic E-state index is -3.84. The molecule has 0 unspecified atom stereocenters. The quantitative estimate of drug-likeness (QED) is 0.656. The van der Waals surface area contributed by atoms with E-state index in [0.29, 0.717) is 16.9 Å². The van der Waals surface area contributed by atoms with Crippen LogP contribution >= 0.6 is 0 Å². The zero-order chi connectivity index (χ0) is 20.1. The molecule has 2 N–H and O–H groups in total. The van der Waals surface area contributed by atoms with Crippen LogP contribution in [0, 0.1) is 11.6 Å². The molecule has 0 aromatic heterocycles. The van der Waals surface area contributed by atoms with E-state index in [1.165, 1.54) is 42.5 Å². The van der Waals surface area contributed by atoms with Crippen LogP contribution in [0.2, 0.25) is 0 Å². The molecule has 0 saturated carbocycles. The van der Waals surface area contributed by atoms with Gasteiger partial charge in [-0.25, -0.2) is 17.2 Å². The third-order valence-corrected chi connectivity index (χ3v) is 5.20. The first-order valence-electron chi connectivity index (χ1n) is 8.24. The molecule has 8 heteroatoms. The molecule has 0 fully saturated rings. The number of hydrogen-bond donors (Lipinski definition) is 2. The summed E-state index contributed by atoms with van der Waals surface area (Å²) >= 11 is 0. The molecule has 0 heterocycles. The first-order chi connectivity index (χ1) is 13.3. The summed E-state index contributed by atoms with van der Waals surface area (Å²) in [6.07, 6.45) is 0.0432. The molecule has 0 bridgehead atoms. The Labute approximate surface area is 161 Å². The van der Waals surface area contributed by atoms with Crippen LogP contribution in [0.5, 0.6) is 0 Å². The van der Waals surface area contributed by atoms with Crippen LogP contribution in [-0.2, 0) is 21.2 Å². The van der Waals surface area contributed by atoms with Gasteiger partial charge in [0.1, 0.15) is 11.6 Å². The molecule has 5 nitrogen and oxygen atoms in total. The van der Waals surface area contributed by atoms with E-state index in [9.17, 15) is 22.0 Å². The number of halogens is 2. The number of amides is 1. The molecule has 28 heavy (non-hydrogen) atoms. The molecule has 3 aromatic rings. The van der Waals surface area contributed by atoms with Crippen molar-refractivity contribution in [2.24, 2.45) is 0 Å². The fourth-order valence-corrected chi connectivity index (χ4v) is 3.53. The zero-order valence-corrected chi connectivity index (χ0v) is 15.3. The van der Waals surface area contributed by atoms with E-state index in [4.69, 9.17) is 0 Å². The van der Waals surface area contributed by atoms with E-state index in [2.05, 4.69) is 10.0 Å². The summed E-state index contributed by atoms with van der Waals surface area (Å²) < 4.78 is 53.0. The van der Waals surface area contributed by atoms with Crippen molar-refractivity contribution >= 4 is 27.3 Å². The number of anilines is 2. The predicted molar refractivity (Wildman–Crippen MR) is 102 cm³/mol. The van der Waals surface area contributed by atoms with Gasteiger partial charge in [-0.2, -0.15) is 0 Å². The molecule has 0 aliphatic heterocycles. The predicted octanol–water partition coefficient (Wildman–Crippen LogP) is 3.95. The summed E-state index contributed by atoms with van der Waals surface area (Å²) in [7, 11) is -3.84. The molecule has 3 rings (SSSR count). The van der Waals surface area contributed by atoms with Gasteiger partial charge < -0.3 is 5.32 Å². The van der Waals surface area contributed by atoms with Gasteiger partial charge in [0.05, 0.1) is 11.3 Å². The van der Waals surface area contributed by atoms with Gasteiger partial charge in [0, 0.05) is 11.4 Å². The Morgan fingerprint density at radius 1 is 0.821 bits per heavy atom. The van der Waals surface area contributed by atoms with Gasteiger partial charge in [0.2, 0.25) is 5.91 Å². The van der Waals surface area contributed by atoms with Crippen molar-refractivity contribution in [1.82, 2.24) is 0 Å². The maximum absolute atomic E-state index is 13.1. The fraction of sp³-hybridized carbons (Fsp3) is 0.0500. The van der Waals surface area contributed by atoms with Gasteiger partial charge in [-0.05, 0) is 60.2 Å². The number of sulfonamides is 1. The summed E-state index contributed by atoms with van der Waals surface area (Å²) in [5, 5.41) is 2.59. The van der Waals surface area contributed by atoms with Gasteiger partial charge in [-0.3, -0.25) is 9.52 Å². The Morgan fingerprint density at radius 2 is 1.50 bits per heavy atom. The van der Waals surface area contributed by atoms with Crippen molar-refractivity contribution in [3.8, 4) is 0 Å². The first kappa shape index (κ1) is 19.5. The second-order valence-electron chi connectivity index (χ2n) is 5.99. The Morgan fingerprint density at radius 3 is 2.14 bits per heavy atom. The van der Waals surface area contributed by atoms with Crippen LogP contribution < -0.4 is 10.0 Å². The summed E-state index contributed by atoms with van der Waals surface area (Å²) in [6.45, 7) is 0. The number of benzene rings is 3. The third-order valence-electron chi connectivity index (χ3n) is 3.80. The Hall–Kier alpha value is -3.26. The van der Waals surface area contributed by atoms with Crippen molar-refractivity contribution < 1.29 is 22.0 Å². The number of carbonyl (C=O) groups excluding carboxylic acids is 1. The summed E-state index contributed by atoms with van der Waals surface area (Å²) in [5.74, 6) is -1.30. The second kappa shape index (κ2) is 8.18. The van der Waals surface area contributed by atoms with Crippen LogP contribution in [-0.4, -0.2) is 14.3 Å². The van der Waals surface area contributed by atoms with Crippen LogP contribution in [0.1, 0.15) is 5.56 Å². The summed E-state index contributed by atoms with van der Waals surface area (Å²) in [5.41, 5.74) is 1.31. The monoisotopic (exact) mass is 402 g/mol. The molecular formula is C20H16F2N2O3S. The lowest BCUT2D eigenvalue weighted by atomic mass is 10.1. The lowest BCUT2D eigenvalue weighted by Gasteiger charge is -2.09. The van der Waals surface area contributed by atoms with Crippen molar-refractivity contribution in [2.75, 3.05) is 10.0 Å². The van der Waals surface area contributed by atoms with E-state index in [1.54, 1.807) is 18.2 Å². The highest BCUT2D eigenvalue weighted by molar-refractivity contribution is 7.92. The van der Waals surface area contributed by atoms with Crippen molar-refractivity contribution in [3.05, 3.63) is 90.0 Å². The highest BCUT2D eigenvalue weighted by Gasteiger charge is 2.14. The molecule has 0 aliphatic carbocycles. The first-order valence-corrected chi connectivity index (χ1v) is 9.73. The van der Waals surface area contributed by atoms with Gasteiger partial charge >= 0.3 is 0 Å². The molecule has 0 aliphatic rings. The largest absolute Gasteiger partial charge is 0.326 e. The van der Waals surface area contributed by atoms with E-state index in [1.807, 2.05) is 0 Å². The van der Waals surface area contributed by atoms with Crippen molar-refractivity contribution in [2.45, 2.75) is 11.3 Å². The van der Waals surface area contributed by atoms with Gasteiger partial charge in [0.25, 0.3) is 10.0 Å². The molecule has 0 saturated heterocycles. The van der Waals surface area contributed by atoms with Crippen LogP contribution in [0.4, 0.5) is 20.2 Å². The van der Waals surface area contributed by atoms with E-state index >= 15 is 0 Å². The Kier molecular flexibility index (Phi) is 5.70. The number of hydrogen-bond acceptors (Lipinski definition) is 3. The molecule has 144 valence electrons. The topological polar surface area (TPSA) is 75.3 Å². The summed E-state index contributed by atoms with van der Waals surface area (Å²) in [4.78, 5) is 12.0. The van der Waals surface area contributed by atoms with E-state index < -0.39 is 21.7 Å². The average molecular weight is 402 g/mol. The lowest BCUT2D eigenvalue weighted by Crippen LogP contribution is -2.15. The van der Waals surface area contributed by atoms with Crippen LogP contribution in [0.3, 0.4) is 0 Å². The number of nitrogens with one attached hydrogen (secondary N) is 2. The standard InChI is InChI=1S/C20H16F2N2O3S/c21-15-6-10-19(11-7-15)28(26,27)24-17-8-4-14(5-9-17)12-20(25)23-18-3-1-2-16(22)13-18/h1-11,13,24H,12H2,(H,23,25). The minimum Gasteiger partial charge on any atom is -0.326 e. The highest BCUT2D eigenvalue weighted by atomic mass is 32.2. The van der Waals surface area contributed by atoms with Crippen LogP contribution in [0.15, 0.2) is 77.7 Å². The van der Waals surface area contributed by atoms with Gasteiger partial charge in [-0.15, -0.1) is 0 Å². The fourth-order valence-electron chi connectivity index (χ4n) is 2.48. The number of carbonyl (C=O) groups is 1. The normalized spacial score (nSPS) is 11.1. The Bertz CT molecular complexity index is 1080. The zero-order valence-electron chi connectivity index (χ0n) is 14.5. The van der Waals surface area contributed by atoms with E-state index in [-0.39, 0.29) is 17.2 Å². The maximum Gasteiger partial charge on any atom is 0.261 e. The molecular weight excluding hydrogens is 386 g/mol. The van der Waals surface area contributed by atoms with Gasteiger partial charge in [-0.1, -0.05) is 18.2 Å². The minimum absolute atomic E-state index is 0.0432. The van der Waals surface area contributed by atoms with Crippen molar-refractivity contribution in [3.63, 3.8) is 0 Å². The summed E-state index contributed by atoms with van der Waals surface area (Å²) in [6, 6.07) is 16.3.